The maximum Gasteiger partial charge on any atom is 0.339 e. The number of pyridine rings is 1. The van der Waals surface area contributed by atoms with E-state index in [0.29, 0.717) is 23.5 Å². The van der Waals surface area contributed by atoms with Gasteiger partial charge in [-0.05, 0) is 25.5 Å². The van der Waals surface area contributed by atoms with Gasteiger partial charge in [0.1, 0.15) is 11.9 Å². The molecule has 1 unspecified atom stereocenters. The van der Waals surface area contributed by atoms with Crippen LogP contribution in [0.2, 0.25) is 0 Å². The first-order valence-corrected chi connectivity index (χ1v) is 6.04. The molecule has 6 nitrogen and oxygen atoms in total. The van der Waals surface area contributed by atoms with Gasteiger partial charge in [0.05, 0.1) is 18.4 Å². The highest BCUT2D eigenvalue weighted by Gasteiger charge is 2.17. The fourth-order valence-corrected chi connectivity index (χ4v) is 1.69. The van der Waals surface area contributed by atoms with Gasteiger partial charge in [-0.1, -0.05) is 13.3 Å². The molecule has 0 saturated heterocycles. The van der Waals surface area contributed by atoms with E-state index in [-0.39, 0.29) is 0 Å². The van der Waals surface area contributed by atoms with E-state index >= 15 is 0 Å². The van der Waals surface area contributed by atoms with E-state index in [4.69, 9.17) is 5.11 Å². The van der Waals surface area contributed by atoms with E-state index in [1.54, 1.807) is 19.1 Å². The zero-order valence-electron chi connectivity index (χ0n) is 11.3. The maximum atomic E-state index is 11.4. The van der Waals surface area contributed by atoms with Crippen molar-refractivity contribution >= 4 is 17.8 Å². The van der Waals surface area contributed by atoms with Gasteiger partial charge < -0.3 is 15.2 Å². The van der Waals surface area contributed by atoms with E-state index < -0.39 is 18.0 Å². The lowest BCUT2D eigenvalue weighted by atomic mass is 10.1. The number of esters is 1. The van der Waals surface area contributed by atoms with Crippen LogP contribution in [-0.4, -0.2) is 35.2 Å². The number of aliphatic carboxylic acids is 1. The van der Waals surface area contributed by atoms with Gasteiger partial charge >= 0.3 is 11.9 Å². The highest BCUT2D eigenvalue weighted by atomic mass is 16.5. The van der Waals surface area contributed by atoms with Crippen LogP contribution < -0.4 is 5.32 Å². The summed E-state index contributed by atoms with van der Waals surface area (Å²) >= 11 is 0. The van der Waals surface area contributed by atoms with Crippen LogP contribution in [0.3, 0.4) is 0 Å². The van der Waals surface area contributed by atoms with Gasteiger partial charge in [-0.2, -0.15) is 0 Å². The summed E-state index contributed by atoms with van der Waals surface area (Å²) in [5.41, 5.74) is 0.868. The quantitative estimate of drug-likeness (QED) is 0.764. The standard InChI is InChI=1S/C13H18N2O4/c1-4-5-10(12(16)17)15-11-7-6-9(8(2)14-11)13(18)19-3/h6-7,10H,4-5H2,1-3H3,(H,14,15)(H,16,17). The van der Waals surface area contributed by atoms with E-state index in [1.165, 1.54) is 7.11 Å². The van der Waals surface area contributed by atoms with Crippen molar-refractivity contribution in [1.82, 2.24) is 4.98 Å². The third kappa shape index (κ3) is 3.94. The van der Waals surface area contributed by atoms with E-state index in [9.17, 15) is 9.59 Å². The number of rotatable bonds is 6. The van der Waals surface area contributed by atoms with Crippen molar-refractivity contribution in [3.63, 3.8) is 0 Å². The number of hydrogen-bond donors (Lipinski definition) is 2. The van der Waals surface area contributed by atoms with Gasteiger partial charge in [-0.25, -0.2) is 14.6 Å². The van der Waals surface area contributed by atoms with Crippen molar-refractivity contribution in [2.24, 2.45) is 0 Å². The Hall–Kier alpha value is -2.11. The number of ether oxygens (including phenoxy) is 1. The molecular weight excluding hydrogens is 248 g/mol. The number of aromatic nitrogens is 1. The maximum absolute atomic E-state index is 11.4. The molecule has 0 aliphatic rings. The van der Waals surface area contributed by atoms with E-state index in [1.807, 2.05) is 6.92 Å². The normalized spacial score (nSPS) is 11.7. The second kappa shape index (κ2) is 6.72. The Morgan fingerprint density at radius 2 is 2.16 bits per heavy atom. The molecule has 0 amide bonds. The zero-order chi connectivity index (χ0) is 14.4. The summed E-state index contributed by atoms with van der Waals surface area (Å²) in [5.74, 6) is -0.941. The Morgan fingerprint density at radius 3 is 2.63 bits per heavy atom. The molecule has 1 aromatic heterocycles. The molecule has 0 spiro atoms. The molecule has 6 heteroatoms. The molecular formula is C13H18N2O4. The summed E-state index contributed by atoms with van der Waals surface area (Å²) in [5, 5.41) is 11.9. The van der Waals surface area contributed by atoms with Crippen molar-refractivity contribution in [3.05, 3.63) is 23.4 Å². The topological polar surface area (TPSA) is 88.5 Å². The summed E-state index contributed by atoms with van der Waals surface area (Å²) in [4.78, 5) is 26.6. The summed E-state index contributed by atoms with van der Waals surface area (Å²) in [7, 11) is 1.30. The van der Waals surface area contributed by atoms with Crippen LogP contribution in [-0.2, 0) is 9.53 Å². The molecule has 1 rings (SSSR count). The molecule has 104 valence electrons. The predicted octanol–water partition coefficient (Wildman–Crippen LogP) is 1.84. The lowest BCUT2D eigenvalue weighted by Crippen LogP contribution is -2.29. The zero-order valence-corrected chi connectivity index (χ0v) is 11.3. The number of hydrogen-bond acceptors (Lipinski definition) is 5. The Kier molecular flexibility index (Phi) is 5.29. The minimum atomic E-state index is -0.918. The number of carbonyl (C=O) groups is 2. The lowest BCUT2D eigenvalue weighted by Gasteiger charge is -2.15. The van der Waals surface area contributed by atoms with Crippen LogP contribution in [0, 0.1) is 6.92 Å². The molecule has 0 aromatic carbocycles. The second-order valence-corrected chi connectivity index (χ2v) is 4.14. The Morgan fingerprint density at radius 1 is 1.47 bits per heavy atom. The Balaban J connectivity index is 2.88. The highest BCUT2D eigenvalue weighted by Crippen LogP contribution is 2.13. The van der Waals surface area contributed by atoms with Gasteiger partial charge in [-0.15, -0.1) is 0 Å². The summed E-state index contributed by atoms with van der Waals surface area (Å²) in [6.45, 7) is 3.59. The minimum absolute atomic E-state index is 0.371. The predicted molar refractivity (Wildman–Crippen MR) is 70.3 cm³/mol. The van der Waals surface area contributed by atoms with Crippen LogP contribution in [0.1, 0.15) is 35.8 Å². The van der Waals surface area contributed by atoms with Crippen LogP contribution >= 0.6 is 0 Å². The lowest BCUT2D eigenvalue weighted by molar-refractivity contribution is -0.138. The molecule has 0 aliphatic heterocycles. The van der Waals surface area contributed by atoms with Crippen LogP contribution in [0.5, 0.6) is 0 Å². The minimum Gasteiger partial charge on any atom is -0.480 e. The average Bonchev–Trinajstić information content (AvgIpc) is 2.37. The third-order valence-corrected chi connectivity index (χ3v) is 2.69. The van der Waals surface area contributed by atoms with Gasteiger partial charge in [-0.3, -0.25) is 0 Å². The number of nitrogens with one attached hydrogen (secondary N) is 1. The number of nitrogens with zero attached hydrogens (tertiary/aromatic N) is 1. The SMILES string of the molecule is CCCC(Nc1ccc(C(=O)OC)c(C)n1)C(=O)O. The van der Waals surface area contributed by atoms with E-state index in [2.05, 4.69) is 15.0 Å². The van der Waals surface area contributed by atoms with E-state index in [0.717, 1.165) is 6.42 Å². The molecule has 0 aliphatic carbocycles. The first-order valence-electron chi connectivity index (χ1n) is 6.04. The Bertz CT molecular complexity index is 474. The van der Waals surface area contributed by atoms with Crippen molar-refractivity contribution in [2.75, 3.05) is 12.4 Å². The number of carboxylic acids is 1. The Labute approximate surface area is 111 Å². The second-order valence-electron chi connectivity index (χ2n) is 4.14. The molecule has 1 heterocycles. The third-order valence-electron chi connectivity index (χ3n) is 2.69. The molecule has 0 fully saturated rings. The fraction of sp³-hybridized carbons (Fsp3) is 0.462. The first-order chi connectivity index (χ1) is 8.99. The number of carboxylic acid groups (broad SMARTS) is 1. The van der Waals surface area contributed by atoms with Gasteiger partial charge in [0.2, 0.25) is 0 Å². The molecule has 1 atom stereocenters. The summed E-state index contributed by atoms with van der Waals surface area (Å²) in [6, 6.07) is 2.47. The molecule has 0 bridgehead atoms. The number of methoxy groups -OCH3 is 1. The number of aryl methyl sites for hydroxylation is 1. The van der Waals surface area contributed by atoms with Crippen LogP contribution in [0.4, 0.5) is 5.82 Å². The number of carbonyl (C=O) groups excluding carboxylic acids is 1. The molecule has 19 heavy (non-hydrogen) atoms. The van der Waals surface area contributed by atoms with Crippen molar-refractivity contribution in [3.8, 4) is 0 Å². The van der Waals surface area contributed by atoms with Gasteiger partial charge in [0, 0.05) is 0 Å². The van der Waals surface area contributed by atoms with Crippen molar-refractivity contribution < 1.29 is 19.4 Å². The first kappa shape index (κ1) is 14.9. The van der Waals surface area contributed by atoms with Crippen LogP contribution in [0.15, 0.2) is 12.1 Å². The smallest absolute Gasteiger partial charge is 0.339 e. The molecule has 1 aromatic rings. The summed E-state index contributed by atoms with van der Waals surface area (Å²) < 4.78 is 4.62. The monoisotopic (exact) mass is 266 g/mol. The van der Waals surface area contributed by atoms with Gasteiger partial charge in [0.25, 0.3) is 0 Å². The highest BCUT2D eigenvalue weighted by molar-refractivity contribution is 5.90. The largest absolute Gasteiger partial charge is 0.480 e. The van der Waals surface area contributed by atoms with Crippen LogP contribution in [0.25, 0.3) is 0 Å². The van der Waals surface area contributed by atoms with Crippen molar-refractivity contribution in [1.29, 1.82) is 0 Å². The fourth-order valence-electron chi connectivity index (χ4n) is 1.69. The molecule has 2 N–H and O–H groups in total. The van der Waals surface area contributed by atoms with Crippen molar-refractivity contribution in [2.45, 2.75) is 32.7 Å². The average molecular weight is 266 g/mol. The molecule has 0 saturated carbocycles. The summed E-state index contributed by atoms with van der Waals surface area (Å²) in [6.07, 6.45) is 1.26. The van der Waals surface area contributed by atoms with Gasteiger partial charge in [0.15, 0.2) is 0 Å². The molecule has 0 radical (unpaired) electrons. The number of anilines is 1.